The molecule has 4 aromatic rings. The fraction of sp³-hybridized carbons (Fsp3) is 0.441. The van der Waals surface area contributed by atoms with Gasteiger partial charge < -0.3 is 28.6 Å². The molecule has 0 saturated carbocycles. The number of carbonyl (C=O) groups is 3. The predicted molar refractivity (Wildman–Crippen MR) is 184 cm³/mol. The van der Waals surface area contributed by atoms with Crippen molar-refractivity contribution in [3.8, 4) is 22.8 Å². The summed E-state index contributed by atoms with van der Waals surface area (Å²) in [6, 6.07) is 6.96. The maximum Gasteiger partial charge on any atom is 0.471 e. The molecule has 1 aliphatic heterocycles. The van der Waals surface area contributed by atoms with Gasteiger partial charge in [0.05, 0.1) is 22.9 Å². The Balaban J connectivity index is 1.56. The summed E-state index contributed by atoms with van der Waals surface area (Å²) in [4.78, 5) is 43.3. The first-order valence-electron chi connectivity index (χ1n) is 16.7. The SMILES string of the molecule is CC(C)(C)OC(=O)N[C@H]1CS(=O)(=O)c2ccc(-c3nnc([C@@](C)(NC(=O)OC(C)(C)C)C(F)(F)F)o3)cc2N(Cc2ccc(-c3noc(C(F)(F)F)n3)cc2)C1=O. The summed E-state index contributed by atoms with van der Waals surface area (Å²) in [5, 5.41) is 14.5. The highest BCUT2D eigenvalue weighted by Gasteiger charge is 2.58. The number of rotatable bonds is 7. The van der Waals surface area contributed by atoms with Crippen LogP contribution in [0.5, 0.6) is 0 Å². The highest BCUT2D eigenvalue weighted by atomic mass is 32.2. The van der Waals surface area contributed by atoms with E-state index in [4.69, 9.17) is 13.9 Å². The van der Waals surface area contributed by atoms with Crippen LogP contribution in [-0.4, -0.2) is 76.0 Å². The molecule has 5 rings (SSSR count). The van der Waals surface area contributed by atoms with E-state index in [2.05, 4.69) is 30.2 Å². The number of amides is 3. The fourth-order valence-electron chi connectivity index (χ4n) is 5.22. The van der Waals surface area contributed by atoms with Gasteiger partial charge >= 0.3 is 30.4 Å². The fourth-order valence-corrected chi connectivity index (χ4v) is 6.83. The molecule has 2 atom stereocenters. The summed E-state index contributed by atoms with van der Waals surface area (Å²) >= 11 is 0. The molecule has 1 aliphatic rings. The van der Waals surface area contributed by atoms with Crippen LogP contribution in [0.1, 0.15) is 65.8 Å². The predicted octanol–water partition coefficient (Wildman–Crippen LogP) is 6.32. The Labute approximate surface area is 320 Å². The van der Waals surface area contributed by atoms with Crippen LogP contribution in [0.4, 0.5) is 41.6 Å². The number of carbonyl (C=O) groups excluding carboxylic acids is 3. The normalized spacial score (nSPS) is 17.2. The summed E-state index contributed by atoms with van der Waals surface area (Å²) in [5.74, 6) is -5.56. The maximum absolute atomic E-state index is 14.4. The zero-order valence-corrected chi connectivity index (χ0v) is 31.9. The van der Waals surface area contributed by atoms with E-state index in [0.29, 0.717) is 6.92 Å². The van der Waals surface area contributed by atoms with Crippen molar-refractivity contribution in [2.45, 2.75) is 95.0 Å². The first-order chi connectivity index (χ1) is 26.1. The van der Waals surface area contributed by atoms with Crippen LogP contribution in [0.25, 0.3) is 22.8 Å². The molecule has 0 unspecified atom stereocenters. The first kappa shape index (κ1) is 42.4. The number of hydrogen-bond donors (Lipinski definition) is 2. The van der Waals surface area contributed by atoms with Crippen molar-refractivity contribution in [1.82, 2.24) is 31.0 Å². The lowest BCUT2D eigenvalue weighted by Gasteiger charge is -2.30. The third-order valence-electron chi connectivity index (χ3n) is 7.86. The van der Waals surface area contributed by atoms with Gasteiger partial charge in [0.15, 0.2) is 9.84 Å². The van der Waals surface area contributed by atoms with Crippen molar-refractivity contribution in [2.24, 2.45) is 0 Å². The molecule has 2 N–H and O–H groups in total. The topological polar surface area (TPSA) is 209 Å². The second kappa shape index (κ2) is 14.6. The number of hydrogen-bond acceptors (Lipinski definition) is 13. The first-order valence-corrected chi connectivity index (χ1v) is 18.3. The monoisotopic (exact) mass is 831 g/mol. The lowest BCUT2D eigenvalue weighted by atomic mass is 10.0. The average Bonchev–Trinajstić information content (AvgIpc) is 3.75. The van der Waals surface area contributed by atoms with Gasteiger partial charge in [-0.15, -0.1) is 10.2 Å². The van der Waals surface area contributed by atoms with Crippen LogP contribution in [0.2, 0.25) is 0 Å². The van der Waals surface area contributed by atoms with Gasteiger partial charge in [0.1, 0.15) is 17.2 Å². The molecule has 3 heterocycles. The molecule has 57 heavy (non-hydrogen) atoms. The Morgan fingerprint density at radius 3 is 2.02 bits per heavy atom. The molecule has 2 aromatic heterocycles. The Morgan fingerprint density at radius 1 is 0.860 bits per heavy atom. The van der Waals surface area contributed by atoms with Crippen molar-refractivity contribution in [3.05, 3.63) is 59.8 Å². The van der Waals surface area contributed by atoms with Crippen LogP contribution < -0.4 is 15.5 Å². The van der Waals surface area contributed by atoms with E-state index < -0.39 is 104 Å². The van der Waals surface area contributed by atoms with Gasteiger partial charge in [-0.05, 0) is 72.2 Å². The van der Waals surface area contributed by atoms with Crippen molar-refractivity contribution in [3.63, 3.8) is 0 Å². The third-order valence-corrected chi connectivity index (χ3v) is 9.65. The third kappa shape index (κ3) is 9.63. The summed E-state index contributed by atoms with van der Waals surface area (Å²) < 4.78 is 130. The lowest BCUT2D eigenvalue weighted by molar-refractivity contribution is -0.199. The van der Waals surface area contributed by atoms with Gasteiger partial charge in [0.25, 0.3) is 11.8 Å². The minimum absolute atomic E-state index is 0.0918. The van der Waals surface area contributed by atoms with E-state index >= 15 is 0 Å². The maximum atomic E-state index is 14.4. The molecule has 23 heteroatoms. The van der Waals surface area contributed by atoms with Crippen LogP contribution in [0.15, 0.2) is 56.3 Å². The summed E-state index contributed by atoms with van der Waals surface area (Å²) in [6.45, 7) is 9.08. The number of benzene rings is 2. The molecule has 16 nitrogen and oxygen atoms in total. The number of aromatic nitrogens is 4. The zero-order chi connectivity index (χ0) is 42.5. The lowest BCUT2D eigenvalue weighted by Crippen LogP contribution is -2.55. The van der Waals surface area contributed by atoms with Gasteiger partial charge in [0.2, 0.25) is 17.3 Å². The average molecular weight is 832 g/mol. The Hall–Kier alpha value is -5.74. The Kier molecular flexibility index (Phi) is 10.9. The van der Waals surface area contributed by atoms with E-state index in [1.165, 1.54) is 65.8 Å². The largest absolute Gasteiger partial charge is 0.471 e. The number of alkyl carbamates (subject to hydrolysis) is 2. The van der Waals surface area contributed by atoms with Crippen LogP contribution in [0, 0.1) is 0 Å². The van der Waals surface area contributed by atoms with Gasteiger partial charge in [-0.3, -0.25) is 10.1 Å². The van der Waals surface area contributed by atoms with Gasteiger partial charge in [-0.25, -0.2) is 18.0 Å². The smallest absolute Gasteiger partial charge is 0.444 e. The second-order valence-corrected chi connectivity index (χ2v) is 16.9. The van der Waals surface area contributed by atoms with E-state index in [1.807, 2.05) is 0 Å². The number of anilines is 1. The molecule has 0 spiro atoms. The molecule has 0 radical (unpaired) electrons. The number of fused-ring (bicyclic) bond motifs is 1. The Bertz CT molecular complexity index is 2280. The number of nitrogens with one attached hydrogen (secondary N) is 2. The van der Waals surface area contributed by atoms with Crippen molar-refractivity contribution >= 4 is 33.6 Å². The highest BCUT2D eigenvalue weighted by molar-refractivity contribution is 7.91. The van der Waals surface area contributed by atoms with Crippen LogP contribution in [-0.2, 0) is 42.4 Å². The number of ether oxygens (including phenoxy) is 2. The molecular formula is C34H35F6N7O9S. The van der Waals surface area contributed by atoms with E-state index in [-0.39, 0.29) is 22.4 Å². The number of halogens is 6. The zero-order valence-electron chi connectivity index (χ0n) is 31.1. The molecular weight excluding hydrogens is 796 g/mol. The molecule has 2 aromatic carbocycles. The minimum atomic E-state index is -5.20. The van der Waals surface area contributed by atoms with E-state index in [1.54, 1.807) is 5.32 Å². The van der Waals surface area contributed by atoms with Crippen molar-refractivity contribution in [1.29, 1.82) is 0 Å². The summed E-state index contributed by atoms with van der Waals surface area (Å²) in [5.41, 5.74) is -5.56. The molecule has 308 valence electrons. The number of nitrogens with zero attached hydrogens (tertiary/aromatic N) is 5. The summed E-state index contributed by atoms with van der Waals surface area (Å²) in [7, 11) is -4.42. The van der Waals surface area contributed by atoms with Crippen LogP contribution >= 0.6 is 0 Å². The Morgan fingerprint density at radius 2 is 1.46 bits per heavy atom. The molecule has 0 fully saturated rings. The second-order valence-electron chi connectivity index (χ2n) is 14.9. The van der Waals surface area contributed by atoms with Gasteiger partial charge in [-0.1, -0.05) is 29.4 Å². The van der Waals surface area contributed by atoms with Crippen molar-refractivity contribution < 1.29 is 67.6 Å². The number of alkyl halides is 6. The quantitative estimate of drug-likeness (QED) is 0.196. The van der Waals surface area contributed by atoms with Crippen molar-refractivity contribution in [2.75, 3.05) is 10.7 Å². The highest BCUT2D eigenvalue weighted by Crippen LogP contribution is 2.41. The standard InChI is InChI=1S/C34H35F6N7O9S/c1-30(2,3)54-28(49)41-20-16-57(51,52)22-13-12-19(24-44-45-26(53-24)32(7,34(38,39)40)43-29(50)55-31(4,5)6)14-21(22)47(25(20)48)15-17-8-10-18(11-9-17)23-42-27(56-46-23)33(35,36)37/h8-14,20H,15-16H2,1-7H3,(H,41,49)(H,43,50)/t20-,32+/m0/s1. The molecule has 0 bridgehead atoms. The number of sulfone groups is 1. The van der Waals surface area contributed by atoms with Crippen LogP contribution in [0.3, 0.4) is 0 Å². The summed E-state index contributed by atoms with van der Waals surface area (Å²) in [6.07, 6.45) is -12.7. The van der Waals surface area contributed by atoms with Gasteiger partial charge in [0, 0.05) is 11.1 Å². The molecule has 0 aliphatic carbocycles. The van der Waals surface area contributed by atoms with Gasteiger partial charge in [-0.2, -0.15) is 31.3 Å². The van der Waals surface area contributed by atoms with E-state index in [9.17, 15) is 49.1 Å². The minimum Gasteiger partial charge on any atom is -0.444 e. The molecule has 3 amide bonds. The van der Waals surface area contributed by atoms with E-state index in [0.717, 1.165) is 23.1 Å². The molecule has 0 saturated heterocycles.